The van der Waals surface area contributed by atoms with Crippen molar-refractivity contribution in [3.05, 3.63) is 41.4 Å². The van der Waals surface area contributed by atoms with E-state index in [1.54, 1.807) is 13.3 Å². The van der Waals surface area contributed by atoms with Gasteiger partial charge in [-0.25, -0.2) is 4.98 Å². The van der Waals surface area contributed by atoms with Crippen molar-refractivity contribution in [3.63, 3.8) is 0 Å². The van der Waals surface area contributed by atoms with Gasteiger partial charge in [0.2, 0.25) is 11.8 Å². The Morgan fingerprint density at radius 2 is 2.00 bits per heavy atom. The van der Waals surface area contributed by atoms with Crippen molar-refractivity contribution in [1.29, 1.82) is 0 Å². The van der Waals surface area contributed by atoms with Gasteiger partial charge in [0.1, 0.15) is 5.75 Å². The van der Waals surface area contributed by atoms with Crippen molar-refractivity contribution in [3.8, 4) is 5.75 Å². The summed E-state index contributed by atoms with van der Waals surface area (Å²) in [5.74, 6) is 0.924. The molecule has 26 heavy (non-hydrogen) atoms. The fraction of sp³-hybridized carbons (Fsp3) is 0.421. The SMILES string of the molecule is COc1ccc(CCC(=O)N2CCC(C(=O)Nc3nccs3)CC2)cc1. The van der Waals surface area contributed by atoms with Crippen molar-refractivity contribution in [1.82, 2.24) is 9.88 Å². The van der Waals surface area contributed by atoms with Crippen LogP contribution in [-0.2, 0) is 16.0 Å². The summed E-state index contributed by atoms with van der Waals surface area (Å²) in [7, 11) is 1.64. The number of anilines is 1. The normalized spacial score (nSPS) is 14.9. The number of benzene rings is 1. The number of rotatable bonds is 6. The minimum atomic E-state index is -0.0514. The summed E-state index contributed by atoms with van der Waals surface area (Å²) >= 11 is 1.41. The summed E-state index contributed by atoms with van der Waals surface area (Å²) in [6, 6.07) is 7.79. The molecule has 1 aromatic carbocycles. The molecule has 1 fully saturated rings. The number of likely N-dealkylation sites (tertiary alicyclic amines) is 1. The zero-order valence-corrected chi connectivity index (χ0v) is 15.6. The molecule has 0 saturated carbocycles. The van der Waals surface area contributed by atoms with E-state index in [1.807, 2.05) is 34.5 Å². The van der Waals surface area contributed by atoms with Gasteiger partial charge in [-0.1, -0.05) is 12.1 Å². The molecular formula is C19H23N3O3S. The summed E-state index contributed by atoms with van der Waals surface area (Å²) in [5.41, 5.74) is 1.12. The predicted octanol–water partition coefficient (Wildman–Crippen LogP) is 2.96. The molecule has 6 nitrogen and oxygen atoms in total. The number of hydrogen-bond acceptors (Lipinski definition) is 5. The van der Waals surface area contributed by atoms with Crippen LogP contribution in [0.5, 0.6) is 5.75 Å². The number of thiazole rings is 1. The number of aromatic nitrogens is 1. The van der Waals surface area contributed by atoms with Gasteiger partial charge in [-0.05, 0) is 37.0 Å². The van der Waals surface area contributed by atoms with E-state index in [9.17, 15) is 9.59 Å². The van der Waals surface area contributed by atoms with Crippen LogP contribution in [0.25, 0.3) is 0 Å². The van der Waals surface area contributed by atoms with Crippen molar-refractivity contribution in [2.45, 2.75) is 25.7 Å². The van der Waals surface area contributed by atoms with Crippen LogP contribution in [0.3, 0.4) is 0 Å². The molecule has 0 aliphatic carbocycles. The number of methoxy groups -OCH3 is 1. The molecule has 1 aliphatic heterocycles. The van der Waals surface area contributed by atoms with Gasteiger partial charge in [0.15, 0.2) is 5.13 Å². The molecular weight excluding hydrogens is 350 g/mol. The van der Waals surface area contributed by atoms with Crippen molar-refractivity contribution < 1.29 is 14.3 Å². The van der Waals surface area contributed by atoms with Crippen LogP contribution in [0.2, 0.25) is 0 Å². The molecule has 138 valence electrons. The fourth-order valence-electron chi connectivity index (χ4n) is 3.09. The highest BCUT2D eigenvalue weighted by atomic mass is 32.1. The Bertz CT molecular complexity index is 723. The molecule has 1 N–H and O–H groups in total. The fourth-order valence-corrected chi connectivity index (χ4v) is 3.62. The van der Waals surface area contributed by atoms with Crippen LogP contribution in [0.4, 0.5) is 5.13 Å². The summed E-state index contributed by atoms with van der Waals surface area (Å²) in [5, 5.41) is 5.31. The van der Waals surface area contributed by atoms with Gasteiger partial charge in [0, 0.05) is 37.0 Å². The van der Waals surface area contributed by atoms with E-state index in [-0.39, 0.29) is 17.7 Å². The summed E-state index contributed by atoms with van der Waals surface area (Å²) in [4.78, 5) is 30.6. The summed E-state index contributed by atoms with van der Waals surface area (Å²) in [6.07, 6.45) is 4.27. The Balaban J connectivity index is 1.42. The maximum atomic E-state index is 12.4. The minimum Gasteiger partial charge on any atom is -0.497 e. The number of aryl methyl sites for hydroxylation is 1. The molecule has 0 atom stereocenters. The third kappa shape index (κ3) is 4.82. The molecule has 3 rings (SSSR count). The molecule has 1 aliphatic rings. The highest BCUT2D eigenvalue weighted by molar-refractivity contribution is 7.13. The molecule has 0 radical (unpaired) electrons. The third-order valence-electron chi connectivity index (χ3n) is 4.67. The first-order valence-corrected chi connectivity index (χ1v) is 9.64. The largest absolute Gasteiger partial charge is 0.497 e. The number of nitrogens with one attached hydrogen (secondary N) is 1. The summed E-state index contributed by atoms with van der Waals surface area (Å²) in [6.45, 7) is 1.27. The van der Waals surface area contributed by atoms with E-state index in [4.69, 9.17) is 4.74 Å². The van der Waals surface area contributed by atoms with Gasteiger partial charge >= 0.3 is 0 Å². The minimum absolute atomic E-state index is 0.00489. The van der Waals surface area contributed by atoms with Crippen LogP contribution < -0.4 is 10.1 Å². The van der Waals surface area contributed by atoms with E-state index < -0.39 is 0 Å². The Hall–Kier alpha value is -2.41. The lowest BCUT2D eigenvalue weighted by Gasteiger charge is -2.31. The first kappa shape index (κ1) is 18.4. The lowest BCUT2D eigenvalue weighted by molar-refractivity contribution is -0.134. The van der Waals surface area contributed by atoms with Gasteiger partial charge in [0.25, 0.3) is 0 Å². The number of carbonyl (C=O) groups excluding carboxylic acids is 2. The molecule has 1 saturated heterocycles. The average Bonchev–Trinajstić information content (AvgIpc) is 3.19. The maximum absolute atomic E-state index is 12.4. The standard InChI is InChI=1S/C19H23N3O3S/c1-25-16-5-2-14(3-6-16)4-7-17(23)22-11-8-15(9-12-22)18(24)21-19-20-10-13-26-19/h2-3,5-6,10,13,15H,4,7-9,11-12H2,1H3,(H,20,21,24). The Kier molecular flexibility index (Phi) is 6.22. The number of piperidine rings is 1. The molecule has 7 heteroatoms. The van der Waals surface area contributed by atoms with E-state index in [2.05, 4.69) is 10.3 Å². The van der Waals surface area contributed by atoms with Crippen LogP contribution >= 0.6 is 11.3 Å². The first-order chi connectivity index (χ1) is 12.7. The van der Waals surface area contributed by atoms with E-state index in [0.717, 1.165) is 11.3 Å². The maximum Gasteiger partial charge on any atom is 0.229 e. The number of carbonyl (C=O) groups is 2. The molecule has 0 bridgehead atoms. The van der Waals surface area contributed by atoms with Gasteiger partial charge in [-0.2, -0.15) is 0 Å². The number of hydrogen-bond donors (Lipinski definition) is 1. The van der Waals surface area contributed by atoms with Gasteiger partial charge in [-0.15, -0.1) is 11.3 Å². The van der Waals surface area contributed by atoms with E-state index >= 15 is 0 Å². The Morgan fingerprint density at radius 3 is 2.62 bits per heavy atom. The van der Waals surface area contributed by atoms with E-state index in [1.165, 1.54) is 11.3 Å². The number of nitrogens with zero attached hydrogens (tertiary/aromatic N) is 2. The number of ether oxygens (including phenoxy) is 1. The number of amides is 2. The smallest absolute Gasteiger partial charge is 0.229 e. The van der Waals surface area contributed by atoms with E-state index in [0.29, 0.717) is 43.9 Å². The Morgan fingerprint density at radius 1 is 1.27 bits per heavy atom. The average molecular weight is 373 g/mol. The van der Waals surface area contributed by atoms with Crippen molar-refractivity contribution >= 4 is 28.3 Å². The molecule has 0 spiro atoms. The lowest BCUT2D eigenvalue weighted by Crippen LogP contribution is -2.41. The van der Waals surface area contributed by atoms with Gasteiger partial charge in [0.05, 0.1) is 7.11 Å². The Labute approximate surface area is 157 Å². The van der Waals surface area contributed by atoms with Gasteiger partial charge < -0.3 is 15.0 Å². The lowest BCUT2D eigenvalue weighted by atomic mass is 9.95. The van der Waals surface area contributed by atoms with Crippen LogP contribution in [-0.4, -0.2) is 41.9 Å². The molecule has 2 aromatic rings. The quantitative estimate of drug-likeness (QED) is 0.845. The van der Waals surface area contributed by atoms with Crippen molar-refractivity contribution in [2.24, 2.45) is 5.92 Å². The highest BCUT2D eigenvalue weighted by Crippen LogP contribution is 2.21. The second-order valence-electron chi connectivity index (χ2n) is 6.33. The molecule has 1 aromatic heterocycles. The first-order valence-electron chi connectivity index (χ1n) is 8.77. The molecule has 0 unspecified atom stereocenters. The predicted molar refractivity (Wildman–Crippen MR) is 101 cm³/mol. The van der Waals surface area contributed by atoms with Gasteiger partial charge in [-0.3, -0.25) is 9.59 Å². The summed E-state index contributed by atoms with van der Waals surface area (Å²) < 4.78 is 5.14. The zero-order valence-electron chi connectivity index (χ0n) is 14.8. The molecule has 2 heterocycles. The second kappa shape index (κ2) is 8.80. The van der Waals surface area contributed by atoms with Crippen molar-refractivity contribution in [2.75, 3.05) is 25.5 Å². The van der Waals surface area contributed by atoms with Crippen LogP contribution in [0.1, 0.15) is 24.8 Å². The van der Waals surface area contributed by atoms with Crippen LogP contribution in [0.15, 0.2) is 35.8 Å². The third-order valence-corrected chi connectivity index (χ3v) is 5.36. The van der Waals surface area contributed by atoms with Crippen LogP contribution in [0, 0.1) is 5.92 Å². The monoisotopic (exact) mass is 373 g/mol. The molecule has 2 amide bonds. The topological polar surface area (TPSA) is 71.5 Å². The highest BCUT2D eigenvalue weighted by Gasteiger charge is 2.27. The zero-order chi connectivity index (χ0) is 18.4. The second-order valence-corrected chi connectivity index (χ2v) is 7.22.